The van der Waals surface area contributed by atoms with Crippen molar-refractivity contribution in [1.82, 2.24) is 4.98 Å². The smallest absolute Gasteiger partial charge is 0.337 e. The van der Waals surface area contributed by atoms with Gasteiger partial charge < -0.3 is 9.84 Å². The lowest BCUT2D eigenvalue weighted by Gasteiger charge is -2.28. The maximum absolute atomic E-state index is 15.0. The normalized spacial score (nSPS) is 12.9. The lowest BCUT2D eigenvalue weighted by molar-refractivity contribution is -0.160. The molecule has 1 N–H and O–H groups in total. The van der Waals surface area contributed by atoms with E-state index in [0.717, 1.165) is 6.07 Å². The van der Waals surface area contributed by atoms with Crippen molar-refractivity contribution in [3.8, 4) is 11.1 Å². The number of carbonyl (C=O) groups is 1. The van der Waals surface area contributed by atoms with Crippen LogP contribution in [0.25, 0.3) is 22.0 Å². The molecule has 0 saturated heterocycles. The highest BCUT2D eigenvalue weighted by atomic mass is 19.1. The van der Waals surface area contributed by atoms with E-state index in [0.29, 0.717) is 22.2 Å². The Morgan fingerprint density at radius 3 is 2.48 bits per heavy atom. The van der Waals surface area contributed by atoms with Gasteiger partial charge in [0, 0.05) is 27.8 Å². The molecule has 1 aromatic heterocycles. The Kier molecular flexibility index (Phi) is 5.66. The number of benzene rings is 2. The van der Waals surface area contributed by atoms with Gasteiger partial charge in [0.2, 0.25) is 0 Å². The fourth-order valence-corrected chi connectivity index (χ4v) is 3.39. The quantitative estimate of drug-likeness (QED) is 0.593. The number of rotatable bonds is 5. The number of aliphatic carboxylic acids is 1. The van der Waals surface area contributed by atoms with E-state index in [4.69, 9.17) is 4.74 Å². The second-order valence-electron chi connectivity index (χ2n) is 7.90. The van der Waals surface area contributed by atoms with Gasteiger partial charge in [-0.2, -0.15) is 0 Å². The van der Waals surface area contributed by atoms with E-state index >= 15 is 0 Å². The SMILES string of the molecule is Cc1nc2ccccc2c(-c2ccc(CF)cc2F)c1[C@H](OC(C)(C)C)C(=O)O. The van der Waals surface area contributed by atoms with Crippen molar-refractivity contribution in [3.63, 3.8) is 0 Å². The molecule has 0 amide bonds. The minimum atomic E-state index is -1.35. The van der Waals surface area contributed by atoms with Crippen molar-refractivity contribution >= 4 is 16.9 Å². The molecule has 0 radical (unpaired) electrons. The van der Waals surface area contributed by atoms with E-state index in [1.807, 2.05) is 0 Å². The topological polar surface area (TPSA) is 59.4 Å². The van der Waals surface area contributed by atoms with Crippen molar-refractivity contribution in [2.75, 3.05) is 0 Å². The van der Waals surface area contributed by atoms with Crippen LogP contribution in [-0.4, -0.2) is 21.7 Å². The lowest BCUT2D eigenvalue weighted by atomic mass is 9.90. The largest absolute Gasteiger partial charge is 0.479 e. The van der Waals surface area contributed by atoms with E-state index in [2.05, 4.69) is 4.98 Å². The van der Waals surface area contributed by atoms with Crippen LogP contribution in [0.15, 0.2) is 42.5 Å². The summed E-state index contributed by atoms with van der Waals surface area (Å²) in [6.45, 7) is 6.15. The summed E-state index contributed by atoms with van der Waals surface area (Å²) >= 11 is 0. The molecule has 0 unspecified atom stereocenters. The molecular formula is C23H23F2NO3. The average Bonchev–Trinajstić information content (AvgIpc) is 2.64. The number of alkyl halides is 1. The van der Waals surface area contributed by atoms with Crippen LogP contribution in [0.3, 0.4) is 0 Å². The molecule has 0 saturated carbocycles. The van der Waals surface area contributed by atoms with E-state index in [1.54, 1.807) is 52.0 Å². The van der Waals surface area contributed by atoms with E-state index in [9.17, 15) is 18.7 Å². The third-order valence-corrected chi connectivity index (χ3v) is 4.54. The van der Waals surface area contributed by atoms with Crippen molar-refractivity contribution < 1.29 is 23.4 Å². The molecule has 0 aliphatic heterocycles. The van der Waals surface area contributed by atoms with Gasteiger partial charge in [-0.1, -0.05) is 30.3 Å². The van der Waals surface area contributed by atoms with Gasteiger partial charge in [0.15, 0.2) is 6.10 Å². The Bertz CT molecular complexity index is 1070. The van der Waals surface area contributed by atoms with Crippen LogP contribution < -0.4 is 0 Å². The summed E-state index contributed by atoms with van der Waals surface area (Å²) in [6.07, 6.45) is -1.35. The number of hydrogen-bond acceptors (Lipinski definition) is 3. The molecule has 29 heavy (non-hydrogen) atoms. The second-order valence-corrected chi connectivity index (χ2v) is 7.90. The average molecular weight is 399 g/mol. The summed E-state index contributed by atoms with van der Waals surface area (Å²) in [5.41, 5.74) is 1.37. The summed E-state index contributed by atoms with van der Waals surface area (Å²) in [6, 6.07) is 11.2. The summed E-state index contributed by atoms with van der Waals surface area (Å²) in [5.74, 6) is -1.82. The molecule has 0 aliphatic rings. The van der Waals surface area contributed by atoms with Gasteiger partial charge in [-0.05, 0) is 45.4 Å². The van der Waals surface area contributed by atoms with E-state index in [-0.39, 0.29) is 16.7 Å². The zero-order valence-electron chi connectivity index (χ0n) is 16.8. The lowest BCUT2D eigenvalue weighted by Crippen LogP contribution is -2.28. The van der Waals surface area contributed by atoms with Crippen LogP contribution in [0.2, 0.25) is 0 Å². The number of aryl methyl sites for hydroxylation is 1. The molecule has 4 nitrogen and oxygen atoms in total. The van der Waals surface area contributed by atoms with Gasteiger partial charge in [-0.15, -0.1) is 0 Å². The highest BCUT2D eigenvalue weighted by Gasteiger charge is 2.32. The minimum absolute atomic E-state index is 0.183. The van der Waals surface area contributed by atoms with Gasteiger partial charge in [-0.3, -0.25) is 4.98 Å². The molecule has 0 aliphatic carbocycles. The van der Waals surface area contributed by atoms with Crippen molar-refractivity contribution in [2.24, 2.45) is 0 Å². The van der Waals surface area contributed by atoms with Crippen LogP contribution >= 0.6 is 0 Å². The van der Waals surface area contributed by atoms with Crippen molar-refractivity contribution in [2.45, 2.75) is 46.1 Å². The molecule has 3 aromatic rings. The number of carboxylic acid groups (broad SMARTS) is 1. The Morgan fingerprint density at radius 1 is 1.21 bits per heavy atom. The van der Waals surface area contributed by atoms with Gasteiger partial charge >= 0.3 is 5.97 Å². The zero-order chi connectivity index (χ0) is 21.3. The van der Waals surface area contributed by atoms with E-state index in [1.165, 1.54) is 12.1 Å². The summed E-state index contributed by atoms with van der Waals surface area (Å²) in [4.78, 5) is 16.7. The van der Waals surface area contributed by atoms with Crippen LogP contribution in [0.4, 0.5) is 8.78 Å². The molecule has 1 heterocycles. The first-order valence-electron chi connectivity index (χ1n) is 9.27. The molecule has 1 atom stereocenters. The predicted octanol–water partition coefficient (Wildman–Crippen LogP) is 5.76. The third kappa shape index (κ3) is 4.27. The monoisotopic (exact) mass is 399 g/mol. The van der Waals surface area contributed by atoms with Crippen LogP contribution in [0.1, 0.15) is 43.7 Å². The number of para-hydroxylation sites is 1. The molecule has 6 heteroatoms. The van der Waals surface area contributed by atoms with E-state index < -0.39 is 30.2 Å². The first-order chi connectivity index (χ1) is 13.6. The Balaban J connectivity index is 2.40. The van der Waals surface area contributed by atoms with Gasteiger partial charge in [0.25, 0.3) is 0 Å². The van der Waals surface area contributed by atoms with Crippen LogP contribution in [0.5, 0.6) is 0 Å². The first kappa shape index (κ1) is 20.9. The fourth-order valence-electron chi connectivity index (χ4n) is 3.39. The fraction of sp³-hybridized carbons (Fsp3) is 0.304. The van der Waals surface area contributed by atoms with Crippen molar-refractivity contribution in [1.29, 1.82) is 0 Å². The maximum Gasteiger partial charge on any atom is 0.337 e. The first-order valence-corrected chi connectivity index (χ1v) is 9.27. The number of fused-ring (bicyclic) bond motifs is 1. The Labute approximate surface area is 168 Å². The minimum Gasteiger partial charge on any atom is -0.479 e. The van der Waals surface area contributed by atoms with Gasteiger partial charge in [-0.25, -0.2) is 13.6 Å². The Hall–Kier alpha value is -2.86. The second kappa shape index (κ2) is 7.87. The molecule has 2 aromatic carbocycles. The number of carboxylic acids is 1. The number of nitrogens with zero attached hydrogens (tertiary/aromatic N) is 1. The highest BCUT2D eigenvalue weighted by Crippen LogP contribution is 2.40. The number of aromatic nitrogens is 1. The summed E-state index contributed by atoms with van der Waals surface area (Å²) in [5, 5.41) is 10.5. The van der Waals surface area contributed by atoms with Gasteiger partial charge in [0.1, 0.15) is 12.5 Å². The number of pyridine rings is 1. The molecule has 152 valence electrons. The molecule has 0 fully saturated rings. The standard InChI is InChI=1S/C23H23F2NO3/c1-13-19(21(22(27)28)29-23(2,3)4)20(16-7-5-6-8-18(16)26-13)15-10-9-14(12-24)11-17(15)25/h5-11,21H,12H2,1-4H3,(H,27,28)/t21-/m0/s1. The predicted molar refractivity (Wildman–Crippen MR) is 108 cm³/mol. The molecular weight excluding hydrogens is 376 g/mol. The highest BCUT2D eigenvalue weighted by molar-refractivity contribution is 5.98. The maximum atomic E-state index is 15.0. The van der Waals surface area contributed by atoms with Crippen molar-refractivity contribution in [3.05, 3.63) is 65.1 Å². The number of hydrogen-bond donors (Lipinski definition) is 1. The third-order valence-electron chi connectivity index (χ3n) is 4.54. The van der Waals surface area contributed by atoms with Gasteiger partial charge in [0.05, 0.1) is 11.1 Å². The molecule has 0 bridgehead atoms. The summed E-state index contributed by atoms with van der Waals surface area (Å²) in [7, 11) is 0. The van der Waals surface area contributed by atoms with Crippen LogP contribution in [-0.2, 0) is 16.2 Å². The molecule has 0 spiro atoms. The number of ether oxygens (including phenoxy) is 1. The summed E-state index contributed by atoms with van der Waals surface area (Å²) < 4.78 is 33.8. The Morgan fingerprint density at radius 2 is 1.90 bits per heavy atom. The zero-order valence-corrected chi connectivity index (χ0v) is 16.8. The molecule has 3 rings (SSSR count). The van der Waals surface area contributed by atoms with Crippen LogP contribution in [0, 0.1) is 12.7 Å². The number of halogens is 2.